The van der Waals surface area contributed by atoms with E-state index < -0.39 is 0 Å². The maximum atomic E-state index is 5.80. The van der Waals surface area contributed by atoms with E-state index in [1.165, 1.54) is 0 Å². The van der Waals surface area contributed by atoms with Gasteiger partial charge in [0.25, 0.3) is 0 Å². The molecule has 1 N–H and O–H groups in total. The lowest BCUT2D eigenvalue weighted by molar-refractivity contribution is 0.243. The SMILES string of the molecule is CC(C)Oc1ccc2c(Nc3ccc(Cl)nc3)nccc2c1. The average molecular weight is 314 g/mol. The van der Waals surface area contributed by atoms with Crippen molar-refractivity contribution in [2.24, 2.45) is 0 Å². The molecular weight excluding hydrogens is 298 g/mol. The van der Waals surface area contributed by atoms with Gasteiger partial charge in [-0.25, -0.2) is 9.97 Å². The molecule has 4 nitrogen and oxygen atoms in total. The lowest BCUT2D eigenvalue weighted by Gasteiger charge is -2.12. The molecule has 2 heterocycles. The standard InChI is InChI=1S/C17H16ClN3O/c1-11(2)22-14-4-5-15-12(9-14)7-8-19-17(15)21-13-3-6-16(18)20-10-13/h3-11H,1-2H3,(H,19,21). The first-order chi connectivity index (χ1) is 10.6. The van der Waals surface area contributed by atoms with Gasteiger partial charge in [0.15, 0.2) is 0 Å². The number of pyridine rings is 2. The highest BCUT2D eigenvalue weighted by molar-refractivity contribution is 6.29. The maximum Gasteiger partial charge on any atom is 0.138 e. The predicted octanol–water partition coefficient (Wildman–Crippen LogP) is 4.81. The summed E-state index contributed by atoms with van der Waals surface area (Å²) in [6.07, 6.45) is 3.60. The van der Waals surface area contributed by atoms with E-state index in [1.54, 1.807) is 18.5 Å². The van der Waals surface area contributed by atoms with Crippen molar-refractivity contribution in [1.82, 2.24) is 9.97 Å². The maximum absolute atomic E-state index is 5.80. The fraction of sp³-hybridized carbons (Fsp3) is 0.176. The minimum absolute atomic E-state index is 0.150. The van der Waals surface area contributed by atoms with Crippen LogP contribution in [0.25, 0.3) is 10.8 Å². The van der Waals surface area contributed by atoms with Crippen molar-refractivity contribution in [2.45, 2.75) is 20.0 Å². The summed E-state index contributed by atoms with van der Waals surface area (Å²) < 4.78 is 5.73. The zero-order valence-corrected chi connectivity index (χ0v) is 13.1. The third-order valence-corrected chi connectivity index (χ3v) is 3.32. The zero-order chi connectivity index (χ0) is 15.5. The number of hydrogen-bond acceptors (Lipinski definition) is 4. The van der Waals surface area contributed by atoms with Crippen LogP contribution in [0.5, 0.6) is 5.75 Å². The molecule has 112 valence electrons. The quantitative estimate of drug-likeness (QED) is 0.702. The summed E-state index contributed by atoms with van der Waals surface area (Å²) in [4.78, 5) is 8.46. The largest absolute Gasteiger partial charge is 0.491 e. The third-order valence-electron chi connectivity index (χ3n) is 3.10. The van der Waals surface area contributed by atoms with Crippen LogP contribution in [0.2, 0.25) is 5.15 Å². The van der Waals surface area contributed by atoms with Crippen molar-refractivity contribution in [2.75, 3.05) is 5.32 Å². The highest BCUT2D eigenvalue weighted by Crippen LogP contribution is 2.28. The van der Waals surface area contributed by atoms with Crippen LogP contribution >= 0.6 is 11.6 Å². The van der Waals surface area contributed by atoms with Gasteiger partial charge in [-0.1, -0.05) is 11.6 Å². The molecule has 0 unspecified atom stereocenters. The number of halogens is 1. The van der Waals surface area contributed by atoms with Gasteiger partial charge < -0.3 is 10.1 Å². The molecule has 3 aromatic rings. The van der Waals surface area contributed by atoms with Crippen molar-refractivity contribution in [3.63, 3.8) is 0 Å². The van der Waals surface area contributed by atoms with E-state index in [1.807, 2.05) is 44.2 Å². The molecule has 0 amide bonds. The molecule has 5 heteroatoms. The minimum Gasteiger partial charge on any atom is -0.491 e. The normalized spacial score (nSPS) is 10.9. The van der Waals surface area contributed by atoms with Crippen LogP contribution in [0.3, 0.4) is 0 Å². The molecule has 0 radical (unpaired) electrons. The number of anilines is 2. The monoisotopic (exact) mass is 313 g/mol. The van der Waals surface area contributed by atoms with Crippen LogP contribution in [-0.4, -0.2) is 16.1 Å². The second-order valence-electron chi connectivity index (χ2n) is 5.20. The lowest BCUT2D eigenvalue weighted by atomic mass is 10.1. The molecule has 22 heavy (non-hydrogen) atoms. The minimum atomic E-state index is 0.150. The van der Waals surface area contributed by atoms with Crippen molar-refractivity contribution in [1.29, 1.82) is 0 Å². The number of fused-ring (bicyclic) bond motifs is 1. The number of rotatable bonds is 4. The van der Waals surface area contributed by atoms with Gasteiger partial charge in [-0.05, 0) is 55.6 Å². The Balaban J connectivity index is 1.94. The molecule has 0 aliphatic carbocycles. The summed E-state index contributed by atoms with van der Waals surface area (Å²) in [6.45, 7) is 4.02. The molecule has 1 aromatic carbocycles. The molecule has 2 aromatic heterocycles. The molecule has 0 saturated heterocycles. The Bertz CT molecular complexity index is 788. The van der Waals surface area contributed by atoms with E-state index in [0.717, 1.165) is 28.0 Å². The van der Waals surface area contributed by atoms with Crippen molar-refractivity contribution < 1.29 is 4.74 Å². The number of aromatic nitrogens is 2. The highest BCUT2D eigenvalue weighted by Gasteiger charge is 2.06. The fourth-order valence-corrected chi connectivity index (χ4v) is 2.30. The highest BCUT2D eigenvalue weighted by atomic mass is 35.5. The third kappa shape index (κ3) is 3.28. The van der Waals surface area contributed by atoms with Gasteiger partial charge in [0, 0.05) is 11.6 Å². The summed E-state index contributed by atoms with van der Waals surface area (Å²) in [5.74, 6) is 1.63. The Morgan fingerprint density at radius 1 is 1.09 bits per heavy atom. The average Bonchev–Trinajstić information content (AvgIpc) is 2.49. The Labute approximate surface area is 134 Å². The van der Waals surface area contributed by atoms with Crippen LogP contribution < -0.4 is 10.1 Å². The van der Waals surface area contributed by atoms with E-state index in [0.29, 0.717) is 5.15 Å². The van der Waals surface area contributed by atoms with Gasteiger partial charge in [0.1, 0.15) is 16.7 Å². The number of benzene rings is 1. The number of hydrogen-bond donors (Lipinski definition) is 1. The molecule has 0 saturated carbocycles. The van der Waals surface area contributed by atoms with Gasteiger partial charge in [-0.2, -0.15) is 0 Å². The van der Waals surface area contributed by atoms with Crippen LogP contribution in [0, 0.1) is 0 Å². The van der Waals surface area contributed by atoms with Crippen molar-refractivity contribution >= 4 is 33.9 Å². The van der Waals surface area contributed by atoms with Crippen LogP contribution in [-0.2, 0) is 0 Å². The summed E-state index contributed by atoms with van der Waals surface area (Å²) in [7, 11) is 0. The molecule has 0 atom stereocenters. The van der Waals surface area contributed by atoms with Gasteiger partial charge in [0.05, 0.1) is 18.0 Å². The van der Waals surface area contributed by atoms with Crippen LogP contribution in [0.15, 0.2) is 48.8 Å². The second-order valence-corrected chi connectivity index (χ2v) is 5.59. The fourth-order valence-electron chi connectivity index (χ4n) is 2.19. The van der Waals surface area contributed by atoms with E-state index in [-0.39, 0.29) is 6.10 Å². The first-order valence-corrected chi connectivity index (χ1v) is 7.43. The Hall–Kier alpha value is -2.33. The smallest absolute Gasteiger partial charge is 0.138 e. The van der Waals surface area contributed by atoms with Gasteiger partial charge in [-0.15, -0.1) is 0 Å². The zero-order valence-electron chi connectivity index (χ0n) is 12.4. The van der Waals surface area contributed by atoms with E-state index in [4.69, 9.17) is 16.3 Å². The number of ether oxygens (including phenoxy) is 1. The predicted molar refractivity (Wildman–Crippen MR) is 90.0 cm³/mol. The number of nitrogens with zero attached hydrogens (tertiary/aromatic N) is 2. The molecule has 3 rings (SSSR count). The molecule has 0 fully saturated rings. The first-order valence-electron chi connectivity index (χ1n) is 7.06. The Morgan fingerprint density at radius 3 is 2.68 bits per heavy atom. The summed E-state index contributed by atoms with van der Waals surface area (Å²) in [5.41, 5.74) is 0.840. The topological polar surface area (TPSA) is 47.0 Å². The molecule has 0 aliphatic rings. The lowest BCUT2D eigenvalue weighted by Crippen LogP contribution is -2.05. The van der Waals surface area contributed by atoms with Crippen LogP contribution in [0.1, 0.15) is 13.8 Å². The van der Waals surface area contributed by atoms with Crippen molar-refractivity contribution in [3.8, 4) is 5.75 Å². The van der Waals surface area contributed by atoms with E-state index >= 15 is 0 Å². The van der Waals surface area contributed by atoms with E-state index in [2.05, 4.69) is 15.3 Å². The van der Waals surface area contributed by atoms with Gasteiger partial charge in [0.2, 0.25) is 0 Å². The molecule has 0 bridgehead atoms. The van der Waals surface area contributed by atoms with Gasteiger partial charge >= 0.3 is 0 Å². The second kappa shape index (κ2) is 6.20. The Morgan fingerprint density at radius 2 is 1.95 bits per heavy atom. The summed E-state index contributed by atoms with van der Waals surface area (Å²) >= 11 is 5.80. The van der Waals surface area contributed by atoms with Crippen LogP contribution in [0.4, 0.5) is 11.5 Å². The molecular formula is C17H16ClN3O. The van der Waals surface area contributed by atoms with Gasteiger partial charge in [-0.3, -0.25) is 0 Å². The summed E-state index contributed by atoms with van der Waals surface area (Å²) in [6, 6.07) is 11.5. The Kier molecular flexibility index (Phi) is 4.11. The molecule has 0 aliphatic heterocycles. The first kappa shape index (κ1) is 14.6. The van der Waals surface area contributed by atoms with E-state index in [9.17, 15) is 0 Å². The number of nitrogens with one attached hydrogen (secondary N) is 1. The summed E-state index contributed by atoms with van der Waals surface area (Å²) in [5, 5.41) is 5.82. The molecule has 0 spiro atoms. The van der Waals surface area contributed by atoms with Crippen molar-refractivity contribution in [3.05, 3.63) is 53.9 Å².